The summed E-state index contributed by atoms with van der Waals surface area (Å²) >= 11 is 0. The second-order valence-electron chi connectivity index (χ2n) is 7.31. The van der Waals surface area contributed by atoms with E-state index >= 15 is 0 Å². The molecule has 0 bridgehead atoms. The number of carbonyl (C=O) groups is 1. The molecule has 3 saturated heterocycles. The molecule has 6 heteroatoms. The molecule has 0 radical (unpaired) electrons. The molecule has 2 amide bonds. The molecule has 0 spiro atoms. The number of likely N-dealkylation sites (tertiary alicyclic amines) is 1. The van der Waals surface area contributed by atoms with Crippen molar-refractivity contribution in [2.75, 3.05) is 73.6 Å². The van der Waals surface area contributed by atoms with Crippen LogP contribution in [0.4, 0.5) is 4.79 Å². The third-order valence-electron chi connectivity index (χ3n) is 5.50. The number of hydrogen-bond acceptors (Lipinski definition) is 4. The normalized spacial score (nSPS) is 33.8. The van der Waals surface area contributed by atoms with Crippen molar-refractivity contribution in [1.29, 1.82) is 0 Å². The van der Waals surface area contributed by atoms with Gasteiger partial charge in [-0.05, 0) is 19.4 Å². The fourth-order valence-corrected chi connectivity index (χ4v) is 3.96. The van der Waals surface area contributed by atoms with Crippen LogP contribution in [-0.2, 0) is 4.74 Å². The van der Waals surface area contributed by atoms with Gasteiger partial charge in [-0.25, -0.2) is 4.79 Å². The van der Waals surface area contributed by atoms with E-state index in [2.05, 4.69) is 16.8 Å². The molecule has 3 heterocycles. The average molecular weight is 310 g/mol. The van der Waals surface area contributed by atoms with Crippen LogP contribution < -0.4 is 0 Å². The van der Waals surface area contributed by atoms with Crippen molar-refractivity contribution in [3.05, 3.63) is 0 Å². The number of amides is 2. The molecular weight excluding hydrogens is 280 g/mol. The molecule has 0 saturated carbocycles. The third-order valence-corrected chi connectivity index (χ3v) is 5.50. The Morgan fingerprint density at radius 1 is 1.18 bits per heavy atom. The first kappa shape index (κ1) is 16.0. The first-order valence-electron chi connectivity index (χ1n) is 8.53. The SMILES string of the molecule is CN1CCN(C[C@H]2OC[C@@H]3CCN(C(=O)N(C)C)C[C@@H]32)CC1. The summed E-state index contributed by atoms with van der Waals surface area (Å²) in [5.74, 6) is 1.15. The van der Waals surface area contributed by atoms with Crippen molar-refractivity contribution in [3.8, 4) is 0 Å². The van der Waals surface area contributed by atoms with Crippen molar-refractivity contribution < 1.29 is 9.53 Å². The lowest BCUT2D eigenvalue weighted by Gasteiger charge is -2.39. The van der Waals surface area contributed by atoms with Gasteiger partial charge in [-0.15, -0.1) is 0 Å². The van der Waals surface area contributed by atoms with E-state index in [-0.39, 0.29) is 6.03 Å². The van der Waals surface area contributed by atoms with Gasteiger partial charge in [-0.3, -0.25) is 4.90 Å². The predicted molar refractivity (Wildman–Crippen MR) is 85.9 cm³/mol. The lowest BCUT2D eigenvalue weighted by Crippen LogP contribution is -2.52. The molecule has 6 nitrogen and oxygen atoms in total. The van der Waals surface area contributed by atoms with E-state index in [9.17, 15) is 4.79 Å². The monoisotopic (exact) mass is 310 g/mol. The first-order valence-corrected chi connectivity index (χ1v) is 8.53. The number of piperidine rings is 1. The summed E-state index contributed by atoms with van der Waals surface area (Å²) < 4.78 is 6.11. The zero-order valence-corrected chi connectivity index (χ0v) is 14.2. The summed E-state index contributed by atoms with van der Waals surface area (Å²) in [4.78, 5) is 20.8. The Kier molecular flexibility index (Phi) is 4.90. The Balaban J connectivity index is 1.56. The highest BCUT2D eigenvalue weighted by Crippen LogP contribution is 2.34. The van der Waals surface area contributed by atoms with Crippen molar-refractivity contribution in [2.24, 2.45) is 11.8 Å². The quantitative estimate of drug-likeness (QED) is 0.733. The van der Waals surface area contributed by atoms with E-state index < -0.39 is 0 Å². The molecule has 0 aromatic heterocycles. The lowest BCUT2D eigenvalue weighted by molar-refractivity contribution is 0.0326. The van der Waals surface area contributed by atoms with Gasteiger partial charge in [0.2, 0.25) is 0 Å². The topological polar surface area (TPSA) is 39.3 Å². The lowest BCUT2D eigenvalue weighted by atomic mass is 9.84. The molecule has 0 N–H and O–H groups in total. The highest BCUT2D eigenvalue weighted by atomic mass is 16.5. The summed E-state index contributed by atoms with van der Waals surface area (Å²) in [6, 6.07) is 0.142. The van der Waals surface area contributed by atoms with Gasteiger partial charge in [0.25, 0.3) is 0 Å². The molecular formula is C16H30N4O2. The van der Waals surface area contributed by atoms with Crippen molar-refractivity contribution in [1.82, 2.24) is 19.6 Å². The average Bonchev–Trinajstić information content (AvgIpc) is 2.91. The Hall–Kier alpha value is -0.850. The zero-order valence-electron chi connectivity index (χ0n) is 14.2. The van der Waals surface area contributed by atoms with Crippen LogP contribution in [0.25, 0.3) is 0 Å². The van der Waals surface area contributed by atoms with Crippen molar-refractivity contribution in [3.63, 3.8) is 0 Å². The van der Waals surface area contributed by atoms with Crippen LogP contribution in [0.15, 0.2) is 0 Å². The molecule has 0 unspecified atom stereocenters. The fourth-order valence-electron chi connectivity index (χ4n) is 3.96. The van der Waals surface area contributed by atoms with Gasteiger partial charge in [-0.1, -0.05) is 0 Å². The van der Waals surface area contributed by atoms with Crippen LogP contribution in [0.5, 0.6) is 0 Å². The number of rotatable bonds is 2. The molecule has 3 rings (SSSR count). The second kappa shape index (κ2) is 6.72. The van der Waals surface area contributed by atoms with Crippen LogP contribution in [0, 0.1) is 11.8 Å². The van der Waals surface area contributed by atoms with Gasteiger partial charge in [0.05, 0.1) is 12.7 Å². The maximum atomic E-state index is 12.2. The minimum atomic E-state index is 0.142. The minimum absolute atomic E-state index is 0.142. The molecule has 22 heavy (non-hydrogen) atoms. The van der Waals surface area contributed by atoms with Crippen LogP contribution >= 0.6 is 0 Å². The number of likely N-dealkylation sites (N-methyl/N-ethyl adjacent to an activating group) is 1. The van der Waals surface area contributed by atoms with Crippen LogP contribution in [-0.4, -0.2) is 105 Å². The Morgan fingerprint density at radius 2 is 1.91 bits per heavy atom. The van der Waals surface area contributed by atoms with Crippen LogP contribution in [0.3, 0.4) is 0 Å². The van der Waals surface area contributed by atoms with Gasteiger partial charge in [-0.2, -0.15) is 0 Å². The van der Waals surface area contributed by atoms with E-state index in [1.54, 1.807) is 4.90 Å². The van der Waals surface area contributed by atoms with Gasteiger partial charge in [0.1, 0.15) is 0 Å². The van der Waals surface area contributed by atoms with Crippen LogP contribution in [0.2, 0.25) is 0 Å². The summed E-state index contributed by atoms with van der Waals surface area (Å²) in [5, 5.41) is 0. The first-order chi connectivity index (χ1) is 10.5. The molecule has 3 aliphatic rings. The summed E-state index contributed by atoms with van der Waals surface area (Å²) in [7, 11) is 5.86. The Morgan fingerprint density at radius 3 is 2.59 bits per heavy atom. The number of piperazine rings is 1. The van der Waals surface area contributed by atoms with Crippen molar-refractivity contribution in [2.45, 2.75) is 12.5 Å². The smallest absolute Gasteiger partial charge is 0.319 e. The molecule has 3 aliphatic heterocycles. The van der Waals surface area contributed by atoms with Gasteiger partial charge in [0.15, 0.2) is 0 Å². The van der Waals surface area contributed by atoms with E-state index in [1.807, 2.05) is 19.0 Å². The number of hydrogen-bond donors (Lipinski definition) is 0. The number of nitrogens with zero attached hydrogens (tertiary/aromatic N) is 4. The molecule has 0 aromatic rings. The number of ether oxygens (including phenoxy) is 1. The summed E-state index contributed by atoms with van der Waals surface area (Å²) in [6.45, 7) is 8.20. The van der Waals surface area contributed by atoms with E-state index in [0.29, 0.717) is 17.9 Å². The maximum Gasteiger partial charge on any atom is 0.319 e. The van der Waals surface area contributed by atoms with Gasteiger partial charge >= 0.3 is 6.03 Å². The highest BCUT2D eigenvalue weighted by Gasteiger charge is 2.42. The van der Waals surface area contributed by atoms with Gasteiger partial charge in [0, 0.05) is 65.8 Å². The largest absolute Gasteiger partial charge is 0.376 e. The zero-order chi connectivity index (χ0) is 15.7. The molecule has 3 atom stereocenters. The number of carbonyl (C=O) groups excluding carboxylic acids is 1. The molecule has 126 valence electrons. The number of fused-ring (bicyclic) bond motifs is 1. The minimum Gasteiger partial charge on any atom is -0.376 e. The maximum absolute atomic E-state index is 12.2. The third kappa shape index (κ3) is 3.39. The summed E-state index contributed by atoms with van der Waals surface area (Å²) in [5.41, 5.74) is 0. The standard InChI is InChI=1S/C16H30N4O2/c1-17(2)16(21)20-5-4-13-12-22-15(14(13)10-20)11-19-8-6-18(3)7-9-19/h13-15H,4-12H2,1-3H3/t13-,14-,15+/m0/s1. The predicted octanol–water partition coefficient (Wildman–Crippen LogP) is 0.252. The highest BCUT2D eigenvalue weighted by molar-refractivity contribution is 5.73. The number of urea groups is 1. The van der Waals surface area contributed by atoms with Crippen molar-refractivity contribution >= 4 is 6.03 Å². The van der Waals surface area contributed by atoms with Crippen LogP contribution in [0.1, 0.15) is 6.42 Å². The fraction of sp³-hybridized carbons (Fsp3) is 0.938. The molecule has 3 fully saturated rings. The Bertz CT molecular complexity index is 396. The van der Waals surface area contributed by atoms with E-state index in [4.69, 9.17) is 4.74 Å². The molecule has 0 aromatic carbocycles. The Labute approximate surface area is 134 Å². The van der Waals surface area contributed by atoms with E-state index in [1.165, 1.54) is 0 Å². The van der Waals surface area contributed by atoms with Gasteiger partial charge < -0.3 is 19.4 Å². The summed E-state index contributed by atoms with van der Waals surface area (Å²) in [6.07, 6.45) is 1.38. The molecule has 0 aliphatic carbocycles. The second-order valence-corrected chi connectivity index (χ2v) is 7.31. The van der Waals surface area contributed by atoms with E-state index in [0.717, 1.165) is 58.8 Å².